The minimum atomic E-state index is -0.853. The number of nitrogens with one attached hydrogen (secondary N) is 1. The van der Waals surface area contributed by atoms with Gasteiger partial charge in [-0.1, -0.05) is 60.7 Å². The zero-order chi connectivity index (χ0) is 24.4. The number of carboxylic acid groups (broad SMARTS) is 1. The van der Waals surface area contributed by atoms with E-state index in [4.69, 9.17) is 9.84 Å². The Kier molecular flexibility index (Phi) is 6.23. The van der Waals surface area contributed by atoms with Crippen LogP contribution in [0.5, 0.6) is 0 Å². The van der Waals surface area contributed by atoms with Crippen LogP contribution in [0.15, 0.2) is 72.8 Å². The van der Waals surface area contributed by atoms with Crippen LogP contribution >= 0.6 is 0 Å². The maximum Gasteiger partial charge on any atom is 0.411 e. The highest BCUT2D eigenvalue weighted by Gasteiger charge is 2.35. The molecular weight excluding hydrogens is 444 g/mol. The first-order valence-electron chi connectivity index (χ1n) is 11.7. The van der Waals surface area contributed by atoms with Crippen LogP contribution in [-0.4, -0.2) is 47.7 Å². The largest absolute Gasteiger partial charge is 0.481 e. The van der Waals surface area contributed by atoms with Gasteiger partial charge in [-0.05, 0) is 46.4 Å². The number of aryl methyl sites for hydroxylation is 1. The molecule has 35 heavy (non-hydrogen) atoms. The molecule has 178 valence electrons. The highest BCUT2D eigenvalue weighted by molar-refractivity contribution is 5.85. The second-order valence-corrected chi connectivity index (χ2v) is 8.98. The summed E-state index contributed by atoms with van der Waals surface area (Å²) in [7, 11) is 0. The van der Waals surface area contributed by atoms with E-state index in [9.17, 15) is 14.4 Å². The van der Waals surface area contributed by atoms with Crippen molar-refractivity contribution < 1.29 is 24.2 Å². The summed E-state index contributed by atoms with van der Waals surface area (Å²) in [5.41, 5.74) is 6.27. The standard InChI is InChI=1S/C28H26N2O5/c31-26(30-15-19(16-30)27(32)33)14-11-18-9-12-20(13-10-18)29-28(34)35-17-25-23-7-3-1-5-21(23)22-6-2-4-8-24(22)25/h1-10,12-13,19,25H,11,14-17H2,(H,29,34)(H,32,33). The molecule has 0 atom stereocenters. The van der Waals surface area contributed by atoms with Gasteiger partial charge < -0.3 is 14.7 Å². The molecule has 1 heterocycles. The van der Waals surface area contributed by atoms with Crippen LogP contribution in [0.2, 0.25) is 0 Å². The minimum Gasteiger partial charge on any atom is -0.481 e. The lowest BCUT2D eigenvalue weighted by Crippen LogP contribution is -2.53. The summed E-state index contributed by atoms with van der Waals surface area (Å²) >= 11 is 0. The number of nitrogens with zero attached hydrogens (tertiary/aromatic N) is 1. The van der Waals surface area contributed by atoms with Crippen molar-refractivity contribution in [3.8, 4) is 11.1 Å². The Morgan fingerprint density at radius 1 is 0.886 bits per heavy atom. The van der Waals surface area contributed by atoms with Crippen LogP contribution < -0.4 is 5.32 Å². The maximum absolute atomic E-state index is 12.5. The van der Waals surface area contributed by atoms with Crippen molar-refractivity contribution in [3.05, 3.63) is 89.5 Å². The summed E-state index contributed by atoms with van der Waals surface area (Å²) < 4.78 is 5.58. The summed E-state index contributed by atoms with van der Waals surface area (Å²) in [6.45, 7) is 0.827. The summed E-state index contributed by atoms with van der Waals surface area (Å²) in [6, 6.07) is 23.7. The van der Waals surface area contributed by atoms with E-state index in [0.717, 1.165) is 16.7 Å². The molecule has 2 amide bonds. The fourth-order valence-electron chi connectivity index (χ4n) is 4.75. The van der Waals surface area contributed by atoms with Gasteiger partial charge in [0, 0.05) is 31.1 Å². The molecule has 0 spiro atoms. The number of ether oxygens (including phenoxy) is 1. The molecule has 0 bridgehead atoms. The highest BCUT2D eigenvalue weighted by atomic mass is 16.5. The lowest BCUT2D eigenvalue weighted by Gasteiger charge is -2.36. The lowest BCUT2D eigenvalue weighted by molar-refractivity contribution is -0.152. The van der Waals surface area contributed by atoms with Crippen LogP contribution in [0, 0.1) is 5.92 Å². The average Bonchev–Trinajstić information content (AvgIpc) is 3.15. The molecule has 1 aliphatic heterocycles. The molecule has 1 aliphatic carbocycles. The van der Waals surface area contributed by atoms with Gasteiger partial charge in [0.25, 0.3) is 0 Å². The quantitative estimate of drug-likeness (QED) is 0.529. The normalized spacial score (nSPS) is 14.6. The summed E-state index contributed by atoms with van der Waals surface area (Å²) in [5, 5.41) is 11.7. The molecule has 0 saturated carbocycles. The number of hydrogen-bond donors (Lipinski definition) is 2. The van der Waals surface area contributed by atoms with Crippen molar-refractivity contribution in [2.75, 3.05) is 25.0 Å². The molecule has 5 rings (SSSR count). The van der Waals surface area contributed by atoms with Crippen LogP contribution in [0.25, 0.3) is 11.1 Å². The molecule has 7 nitrogen and oxygen atoms in total. The van der Waals surface area contributed by atoms with E-state index in [2.05, 4.69) is 29.6 Å². The van der Waals surface area contributed by atoms with E-state index in [1.54, 1.807) is 17.0 Å². The van der Waals surface area contributed by atoms with Gasteiger partial charge >= 0.3 is 12.1 Å². The first-order valence-corrected chi connectivity index (χ1v) is 11.7. The van der Waals surface area contributed by atoms with Crippen LogP contribution in [0.4, 0.5) is 10.5 Å². The van der Waals surface area contributed by atoms with Gasteiger partial charge in [0.05, 0.1) is 5.92 Å². The maximum atomic E-state index is 12.5. The minimum absolute atomic E-state index is 0.00486. The van der Waals surface area contributed by atoms with Crippen molar-refractivity contribution in [1.29, 1.82) is 0 Å². The van der Waals surface area contributed by atoms with Gasteiger partial charge in [0.1, 0.15) is 6.61 Å². The van der Waals surface area contributed by atoms with Gasteiger partial charge in [-0.25, -0.2) is 4.79 Å². The SMILES string of the molecule is O=C(Nc1ccc(CCC(=O)N2CC(C(=O)O)C2)cc1)OCC1c2ccccc2-c2ccccc21. The Balaban J connectivity index is 1.11. The molecule has 3 aromatic rings. The molecule has 7 heteroatoms. The fourth-order valence-corrected chi connectivity index (χ4v) is 4.75. The molecule has 1 saturated heterocycles. The predicted octanol–water partition coefficient (Wildman–Crippen LogP) is 4.52. The number of carbonyl (C=O) groups is 3. The Bertz CT molecular complexity index is 1220. The van der Waals surface area contributed by atoms with E-state index in [1.165, 1.54) is 11.1 Å². The molecule has 0 unspecified atom stereocenters. The second kappa shape index (κ2) is 9.62. The zero-order valence-corrected chi connectivity index (χ0v) is 19.1. The number of carbonyl (C=O) groups excluding carboxylic acids is 2. The molecule has 2 N–H and O–H groups in total. The number of likely N-dealkylation sites (tertiary alicyclic amines) is 1. The third-order valence-corrected chi connectivity index (χ3v) is 6.76. The van der Waals surface area contributed by atoms with E-state index in [0.29, 0.717) is 18.5 Å². The molecule has 3 aromatic carbocycles. The second-order valence-electron chi connectivity index (χ2n) is 8.98. The number of benzene rings is 3. The van der Waals surface area contributed by atoms with E-state index in [1.807, 2.05) is 36.4 Å². The number of carboxylic acids is 1. The number of amides is 2. The third kappa shape index (κ3) is 4.75. The van der Waals surface area contributed by atoms with E-state index < -0.39 is 18.0 Å². The highest BCUT2D eigenvalue weighted by Crippen LogP contribution is 2.44. The van der Waals surface area contributed by atoms with Gasteiger partial charge in [-0.2, -0.15) is 0 Å². The molecule has 0 radical (unpaired) electrons. The third-order valence-electron chi connectivity index (χ3n) is 6.76. The first-order chi connectivity index (χ1) is 17.0. The number of anilines is 1. The number of fused-ring (bicyclic) bond motifs is 3. The molecule has 0 aromatic heterocycles. The van der Waals surface area contributed by atoms with Gasteiger partial charge in [0.15, 0.2) is 0 Å². The van der Waals surface area contributed by atoms with Crippen molar-refractivity contribution in [3.63, 3.8) is 0 Å². The predicted molar refractivity (Wildman–Crippen MR) is 131 cm³/mol. The Labute approximate surface area is 203 Å². The van der Waals surface area contributed by atoms with Gasteiger partial charge in [-0.15, -0.1) is 0 Å². The topological polar surface area (TPSA) is 95.9 Å². The molecular formula is C28H26N2O5. The summed E-state index contributed by atoms with van der Waals surface area (Å²) in [4.78, 5) is 37.1. The van der Waals surface area contributed by atoms with Gasteiger partial charge in [0.2, 0.25) is 5.91 Å². The van der Waals surface area contributed by atoms with E-state index in [-0.39, 0.29) is 31.5 Å². The van der Waals surface area contributed by atoms with Crippen LogP contribution in [0.3, 0.4) is 0 Å². The van der Waals surface area contributed by atoms with Crippen molar-refractivity contribution in [2.24, 2.45) is 5.92 Å². The zero-order valence-electron chi connectivity index (χ0n) is 19.1. The number of aliphatic carboxylic acids is 1. The van der Waals surface area contributed by atoms with Crippen molar-refractivity contribution in [2.45, 2.75) is 18.8 Å². The van der Waals surface area contributed by atoms with Crippen LogP contribution in [-0.2, 0) is 20.7 Å². The first kappa shape index (κ1) is 22.7. The lowest BCUT2D eigenvalue weighted by atomic mass is 9.98. The Morgan fingerprint density at radius 3 is 2.09 bits per heavy atom. The Morgan fingerprint density at radius 2 is 1.49 bits per heavy atom. The van der Waals surface area contributed by atoms with E-state index >= 15 is 0 Å². The van der Waals surface area contributed by atoms with Crippen LogP contribution in [0.1, 0.15) is 29.0 Å². The number of hydrogen-bond acceptors (Lipinski definition) is 4. The smallest absolute Gasteiger partial charge is 0.411 e. The Hall–Kier alpha value is -4.13. The monoisotopic (exact) mass is 470 g/mol. The average molecular weight is 471 g/mol. The molecule has 1 fully saturated rings. The summed E-state index contributed by atoms with van der Waals surface area (Å²) in [5.74, 6) is -1.33. The van der Waals surface area contributed by atoms with Crippen molar-refractivity contribution >= 4 is 23.7 Å². The summed E-state index contributed by atoms with van der Waals surface area (Å²) in [6.07, 6.45) is 0.365. The number of rotatable bonds is 7. The van der Waals surface area contributed by atoms with Crippen molar-refractivity contribution in [1.82, 2.24) is 4.90 Å². The fraction of sp³-hybridized carbons (Fsp3) is 0.250. The molecule has 2 aliphatic rings. The van der Waals surface area contributed by atoms with Gasteiger partial charge in [-0.3, -0.25) is 14.9 Å².